The van der Waals surface area contributed by atoms with Crippen molar-refractivity contribution in [2.45, 2.75) is 63.4 Å². The van der Waals surface area contributed by atoms with Gasteiger partial charge in [0, 0.05) is 24.1 Å². The number of hydrogen-bond acceptors (Lipinski definition) is 4. The highest BCUT2D eigenvalue weighted by Crippen LogP contribution is 2.41. The highest BCUT2D eigenvalue weighted by atomic mass is 16.5. The first-order chi connectivity index (χ1) is 9.98. The first-order valence-corrected chi connectivity index (χ1v) is 7.83. The highest BCUT2D eigenvalue weighted by Gasteiger charge is 2.33. The molecule has 3 atom stereocenters. The molecule has 1 aromatic rings. The average molecular weight is 291 g/mol. The maximum absolute atomic E-state index is 9.89. The molecule has 0 radical (unpaired) electrons. The van der Waals surface area contributed by atoms with E-state index >= 15 is 0 Å². The fraction of sp³-hybridized carbons (Fsp3) is 0.647. The van der Waals surface area contributed by atoms with Crippen LogP contribution in [-0.4, -0.2) is 30.0 Å². The SMILES string of the molecule is CNC1CC(C)(C)Oc2cc(OC3CCCC3O)ccc21. The summed E-state index contributed by atoms with van der Waals surface area (Å²) in [5.74, 6) is 1.67. The van der Waals surface area contributed by atoms with E-state index in [1.54, 1.807) is 0 Å². The van der Waals surface area contributed by atoms with E-state index in [1.807, 2.05) is 19.2 Å². The quantitative estimate of drug-likeness (QED) is 0.899. The average Bonchev–Trinajstić information content (AvgIpc) is 2.82. The molecular weight excluding hydrogens is 266 g/mol. The fourth-order valence-corrected chi connectivity index (χ4v) is 3.38. The molecule has 2 N–H and O–H groups in total. The summed E-state index contributed by atoms with van der Waals surface area (Å²) in [6.07, 6.45) is 3.30. The molecular formula is C17H25NO3. The van der Waals surface area contributed by atoms with Crippen LogP contribution >= 0.6 is 0 Å². The molecule has 1 aliphatic carbocycles. The van der Waals surface area contributed by atoms with E-state index in [0.717, 1.165) is 37.2 Å². The number of ether oxygens (including phenoxy) is 2. The maximum atomic E-state index is 9.89. The number of nitrogens with one attached hydrogen (secondary N) is 1. The summed E-state index contributed by atoms with van der Waals surface area (Å²) in [6.45, 7) is 4.21. The van der Waals surface area contributed by atoms with Gasteiger partial charge >= 0.3 is 0 Å². The molecule has 4 nitrogen and oxygen atoms in total. The van der Waals surface area contributed by atoms with Gasteiger partial charge in [-0.25, -0.2) is 0 Å². The molecule has 0 spiro atoms. The van der Waals surface area contributed by atoms with Crippen LogP contribution < -0.4 is 14.8 Å². The first kappa shape index (κ1) is 14.7. The van der Waals surface area contributed by atoms with Crippen LogP contribution in [-0.2, 0) is 0 Å². The van der Waals surface area contributed by atoms with Crippen molar-refractivity contribution in [1.29, 1.82) is 0 Å². The lowest BCUT2D eigenvalue weighted by molar-refractivity contribution is 0.0559. The molecule has 1 aliphatic heterocycles. The van der Waals surface area contributed by atoms with Crippen LogP contribution in [0.3, 0.4) is 0 Å². The predicted molar refractivity (Wildman–Crippen MR) is 81.8 cm³/mol. The van der Waals surface area contributed by atoms with Crippen LogP contribution in [0, 0.1) is 0 Å². The second kappa shape index (κ2) is 5.50. The zero-order chi connectivity index (χ0) is 15.0. The van der Waals surface area contributed by atoms with Crippen molar-refractivity contribution in [3.8, 4) is 11.5 Å². The third-order valence-electron chi connectivity index (χ3n) is 4.50. The van der Waals surface area contributed by atoms with Gasteiger partial charge in [0.15, 0.2) is 0 Å². The van der Waals surface area contributed by atoms with Crippen molar-refractivity contribution < 1.29 is 14.6 Å². The lowest BCUT2D eigenvalue weighted by Gasteiger charge is -2.37. The van der Waals surface area contributed by atoms with Gasteiger partial charge in [-0.3, -0.25) is 0 Å². The van der Waals surface area contributed by atoms with Crippen LogP contribution in [0.25, 0.3) is 0 Å². The molecule has 3 unspecified atom stereocenters. The molecule has 0 bridgehead atoms. The molecule has 4 heteroatoms. The Labute approximate surface area is 126 Å². The third kappa shape index (κ3) is 3.01. The lowest BCUT2D eigenvalue weighted by Crippen LogP contribution is -2.38. The number of aliphatic hydroxyl groups excluding tert-OH is 1. The van der Waals surface area contributed by atoms with Crippen LogP contribution in [0.5, 0.6) is 11.5 Å². The summed E-state index contributed by atoms with van der Waals surface area (Å²) >= 11 is 0. The van der Waals surface area contributed by atoms with E-state index in [9.17, 15) is 5.11 Å². The van der Waals surface area contributed by atoms with Gasteiger partial charge in [-0.1, -0.05) is 6.07 Å². The maximum Gasteiger partial charge on any atom is 0.128 e. The molecule has 3 rings (SSSR count). The van der Waals surface area contributed by atoms with Gasteiger partial charge in [-0.2, -0.15) is 0 Å². The van der Waals surface area contributed by atoms with E-state index in [2.05, 4.69) is 25.2 Å². The number of hydrogen-bond donors (Lipinski definition) is 2. The molecule has 116 valence electrons. The summed E-state index contributed by atoms with van der Waals surface area (Å²) in [5, 5.41) is 13.2. The minimum absolute atomic E-state index is 0.0836. The van der Waals surface area contributed by atoms with Crippen molar-refractivity contribution in [1.82, 2.24) is 5.32 Å². The van der Waals surface area contributed by atoms with Gasteiger partial charge in [0.05, 0.1) is 6.10 Å². The predicted octanol–water partition coefficient (Wildman–Crippen LogP) is 2.80. The Morgan fingerprint density at radius 1 is 1.33 bits per heavy atom. The largest absolute Gasteiger partial charge is 0.488 e. The van der Waals surface area contributed by atoms with Crippen molar-refractivity contribution in [2.24, 2.45) is 0 Å². The Morgan fingerprint density at radius 3 is 2.81 bits per heavy atom. The van der Waals surface area contributed by atoms with Crippen molar-refractivity contribution >= 4 is 0 Å². The molecule has 1 heterocycles. The Kier molecular flexibility index (Phi) is 3.84. The van der Waals surface area contributed by atoms with Crippen molar-refractivity contribution in [3.05, 3.63) is 23.8 Å². The Balaban J connectivity index is 1.83. The molecule has 0 aromatic heterocycles. The Bertz CT molecular complexity index is 515. The molecule has 1 saturated carbocycles. The monoisotopic (exact) mass is 291 g/mol. The number of rotatable bonds is 3. The summed E-state index contributed by atoms with van der Waals surface area (Å²) in [7, 11) is 1.98. The summed E-state index contributed by atoms with van der Waals surface area (Å²) in [6, 6.07) is 6.32. The smallest absolute Gasteiger partial charge is 0.128 e. The van der Waals surface area contributed by atoms with Gasteiger partial charge in [0.25, 0.3) is 0 Å². The van der Waals surface area contributed by atoms with Crippen LogP contribution in [0.1, 0.15) is 51.1 Å². The first-order valence-electron chi connectivity index (χ1n) is 7.83. The number of benzene rings is 1. The number of fused-ring (bicyclic) bond motifs is 1. The summed E-state index contributed by atoms with van der Waals surface area (Å²) < 4.78 is 12.0. The van der Waals surface area contributed by atoms with Crippen molar-refractivity contribution in [3.63, 3.8) is 0 Å². The van der Waals surface area contributed by atoms with Gasteiger partial charge in [0.1, 0.15) is 23.2 Å². The fourth-order valence-electron chi connectivity index (χ4n) is 3.38. The van der Waals surface area contributed by atoms with E-state index in [1.165, 1.54) is 5.56 Å². The zero-order valence-electron chi connectivity index (χ0n) is 13.1. The summed E-state index contributed by atoms with van der Waals surface area (Å²) in [5.41, 5.74) is 0.989. The van der Waals surface area contributed by atoms with Crippen LogP contribution in [0.4, 0.5) is 0 Å². The van der Waals surface area contributed by atoms with Crippen LogP contribution in [0.2, 0.25) is 0 Å². The zero-order valence-corrected chi connectivity index (χ0v) is 13.1. The standard InChI is InChI=1S/C17H25NO3/c1-17(2)10-13(18-3)12-8-7-11(9-16(12)21-17)20-15-6-4-5-14(15)19/h7-9,13-15,18-19H,4-6,10H2,1-3H3. The minimum Gasteiger partial charge on any atom is -0.488 e. The van der Waals surface area contributed by atoms with Gasteiger partial charge < -0.3 is 19.9 Å². The third-order valence-corrected chi connectivity index (χ3v) is 4.50. The highest BCUT2D eigenvalue weighted by molar-refractivity contribution is 5.44. The van der Waals surface area contributed by atoms with Gasteiger partial charge in [-0.05, 0) is 46.2 Å². The van der Waals surface area contributed by atoms with E-state index in [-0.39, 0.29) is 17.8 Å². The Hall–Kier alpha value is -1.26. The number of aliphatic hydroxyl groups is 1. The van der Waals surface area contributed by atoms with Crippen LogP contribution in [0.15, 0.2) is 18.2 Å². The molecule has 2 aliphatic rings. The lowest BCUT2D eigenvalue weighted by atomic mass is 9.90. The van der Waals surface area contributed by atoms with Gasteiger partial charge in [0.2, 0.25) is 0 Å². The molecule has 21 heavy (non-hydrogen) atoms. The molecule has 0 saturated heterocycles. The molecule has 0 amide bonds. The Morgan fingerprint density at radius 2 is 2.14 bits per heavy atom. The van der Waals surface area contributed by atoms with E-state index in [4.69, 9.17) is 9.47 Å². The second-order valence-corrected chi connectivity index (χ2v) is 6.76. The topological polar surface area (TPSA) is 50.7 Å². The molecule has 1 fully saturated rings. The molecule has 1 aromatic carbocycles. The minimum atomic E-state index is -0.344. The van der Waals surface area contributed by atoms with Gasteiger partial charge in [-0.15, -0.1) is 0 Å². The second-order valence-electron chi connectivity index (χ2n) is 6.76. The van der Waals surface area contributed by atoms with Crippen molar-refractivity contribution in [2.75, 3.05) is 7.05 Å². The summed E-state index contributed by atoms with van der Waals surface area (Å²) in [4.78, 5) is 0. The van der Waals surface area contributed by atoms with E-state index < -0.39 is 0 Å². The normalized spacial score (nSPS) is 30.6. The van der Waals surface area contributed by atoms with E-state index in [0.29, 0.717) is 6.04 Å².